The second kappa shape index (κ2) is 5.67. The highest BCUT2D eigenvalue weighted by Crippen LogP contribution is 2.26. The van der Waals surface area contributed by atoms with E-state index in [1.807, 2.05) is 30.2 Å². The van der Waals surface area contributed by atoms with Crippen LogP contribution in [0.1, 0.15) is 23.4 Å². The fourth-order valence-electron chi connectivity index (χ4n) is 1.70. The van der Waals surface area contributed by atoms with Crippen molar-refractivity contribution in [1.82, 2.24) is 15.1 Å². The topological polar surface area (TPSA) is 29.9 Å². The van der Waals surface area contributed by atoms with Crippen molar-refractivity contribution in [2.75, 3.05) is 6.54 Å². The molecule has 0 amide bonds. The first-order chi connectivity index (χ1) is 8.15. The van der Waals surface area contributed by atoms with Gasteiger partial charge >= 0.3 is 0 Å². The Balaban J connectivity index is 1.78. The average molecular weight is 270 g/mol. The third-order valence-corrected chi connectivity index (χ3v) is 4.06. The molecule has 17 heavy (non-hydrogen) atoms. The van der Waals surface area contributed by atoms with Crippen LogP contribution in [0.3, 0.4) is 0 Å². The maximum absolute atomic E-state index is 5.92. The van der Waals surface area contributed by atoms with E-state index in [-0.39, 0.29) is 0 Å². The normalized spacial score (nSPS) is 12.9. The van der Waals surface area contributed by atoms with E-state index in [1.54, 1.807) is 11.3 Å². The first-order valence-corrected chi connectivity index (χ1v) is 6.81. The lowest BCUT2D eigenvalue weighted by Crippen LogP contribution is -2.20. The van der Waals surface area contributed by atoms with Crippen LogP contribution >= 0.6 is 22.9 Å². The van der Waals surface area contributed by atoms with Crippen LogP contribution in [-0.4, -0.2) is 16.3 Å². The molecule has 0 bridgehead atoms. The van der Waals surface area contributed by atoms with Crippen LogP contribution in [0.5, 0.6) is 0 Å². The van der Waals surface area contributed by atoms with Crippen LogP contribution in [0.15, 0.2) is 24.5 Å². The number of aryl methyl sites for hydroxylation is 1. The second-order valence-corrected chi connectivity index (χ2v) is 5.84. The fraction of sp³-hybridized carbons (Fsp3) is 0.417. The Morgan fingerprint density at radius 2 is 2.35 bits per heavy atom. The van der Waals surface area contributed by atoms with Crippen molar-refractivity contribution >= 4 is 22.9 Å². The summed E-state index contributed by atoms with van der Waals surface area (Å²) in [4.78, 5) is 1.28. The number of thiophene rings is 1. The molecule has 1 atom stereocenters. The summed E-state index contributed by atoms with van der Waals surface area (Å²) in [5.74, 6) is 0. The van der Waals surface area contributed by atoms with Crippen molar-refractivity contribution in [3.63, 3.8) is 0 Å². The molecule has 0 fully saturated rings. The summed E-state index contributed by atoms with van der Waals surface area (Å²) >= 11 is 7.55. The number of nitrogens with zero attached hydrogens (tertiary/aromatic N) is 2. The van der Waals surface area contributed by atoms with Crippen LogP contribution in [0.4, 0.5) is 0 Å². The minimum absolute atomic E-state index is 0.351. The number of hydrogen-bond acceptors (Lipinski definition) is 3. The van der Waals surface area contributed by atoms with Crippen LogP contribution in [0.2, 0.25) is 4.34 Å². The minimum atomic E-state index is 0.351. The molecule has 0 saturated heterocycles. The first-order valence-electron chi connectivity index (χ1n) is 5.61. The van der Waals surface area contributed by atoms with E-state index in [0.717, 1.165) is 17.3 Å². The van der Waals surface area contributed by atoms with E-state index in [2.05, 4.69) is 23.4 Å². The van der Waals surface area contributed by atoms with Gasteiger partial charge in [-0.1, -0.05) is 11.6 Å². The highest BCUT2D eigenvalue weighted by Gasteiger charge is 2.07. The monoisotopic (exact) mass is 269 g/mol. The van der Waals surface area contributed by atoms with Crippen molar-refractivity contribution in [2.45, 2.75) is 19.4 Å². The number of nitrogens with one attached hydrogen (secondary N) is 1. The van der Waals surface area contributed by atoms with Crippen LogP contribution in [-0.2, 0) is 13.5 Å². The SMILES string of the molecule is CC(NCCc1cnn(C)c1)c1ccc(Cl)s1. The van der Waals surface area contributed by atoms with Gasteiger partial charge in [0.05, 0.1) is 10.5 Å². The molecule has 2 heterocycles. The Morgan fingerprint density at radius 3 is 2.94 bits per heavy atom. The molecule has 0 spiro atoms. The zero-order valence-corrected chi connectivity index (χ0v) is 11.6. The second-order valence-electron chi connectivity index (χ2n) is 4.09. The Bertz CT molecular complexity index is 478. The zero-order chi connectivity index (χ0) is 12.3. The molecule has 0 aromatic carbocycles. The summed E-state index contributed by atoms with van der Waals surface area (Å²) in [6.07, 6.45) is 4.96. The molecule has 2 rings (SSSR count). The van der Waals surface area contributed by atoms with Gasteiger partial charge in [-0.2, -0.15) is 5.10 Å². The summed E-state index contributed by atoms with van der Waals surface area (Å²) in [5, 5.41) is 7.63. The minimum Gasteiger partial charge on any atom is -0.309 e. The average Bonchev–Trinajstić information content (AvgIpc) is 2.88. The van der Waals surface area contributed by atoms with Gasteiger partial charge in [-0.05, 0) is 37.6 Å². The van der Waals surface area contributed by atoms with Crippen molar-refractivity contribution in [2.24, 2.45) is 7.05 Å². The number of halogens is 1. The largest absolute Gasteiger partial charge is 0.309 e. The van der Waals surface area contributed by atoms with Gasteiger partial charge in [0.15, 0.2) is 0 Å². The predicted molar refractivity (Wildman–Crippen MR) is 72.7 cm³/mol. The van der Waals surface area contributed by atoms with Crippen LogP contribution in [0, 0.1) is 0 Å². The molecule has 3 nitrogen and oxygen atoms in total. The molecule has 0 aliphatic carbocycles. The van der Waals surface area contributed by atoms with Gasteiger partial charge in [-0.3, -0.25) is 4.68 Å². The molecule has 0 radical (unpaired) electrons. The quantitative estimate of drug-likeness (QED) is 0.904. The molecule has 2 aromatic heterocycles. The third-order valence-electron chi connectivity index (χ3n) is 2.64. The summed E-state index contributed by atoms with van der Waals surface area (Å²) in [5.41, 5.74) is 1.26. The zero-order valence-electron chi connectivity index (χ0n) is 9.98. The molecule has 0 saturated carbocycles. The van der Waals surface area contributed by atoms with Gasteiger partial charge in [0.1, 0.15) is 0 Å². The standard InChI is InChI=1S/C12H16ClN3S/c1-9(11-3-4-12(13)17-11)14-6-5-10-7-15-16(2)8-10/h3-4,7-9,14H,5-6H2,1-2H3. The van der Waals surface area contributed by atoms with E-state index in [1.165, 1.54) is 10.4 Å². The summed E-state index contributed by atoms with van der Waals surface area (Å²) in [7, 11) is 1.94. The van der Waals surface area contributed by atoms with Crippen molar-refractivity contribution in [3.05, 3.63) is 39.3 Å². The lowest BCUT2D eigenvalue weighted by Gasteiger charge is -2.11. The van der Waals surface area contributed by atoms with E-state index >= 15 is 0 Å². The maximum Gasteiger partial charge on any atom is 0.0931 e. The molecule has 2 aromatic rings. The van der Waals surface area contributed by atoms with Gasteiger partial charge in [0.2, 0.25) is 0 Å². The van der Waals surface area contributed by atoms with Gasteiger partial charge < -0.3 is 5.32 Å². The van der Waals surface area contributed by atoms with Crippen LogP contribution < -0.4 is 5.32 Å². The molecule has 1 unspecified atom stereocenters. The Kier molecular flexibility index (Phi) is 4.20. The smallest absolute Gasteiger partial charge is 0.0931 e. The highest BCUT2D eigenvalue weighted by atomic mass is 35.5. The van der Waals surface area contributed by atoms with Crippen molar-refractivity contribution in [3.8, 4) is 0 Å². The molecule has 0 aliphatic rings. The van der Waals surface area contributed by atoms with E-state index in [4.69, 9.17) is 11.6 Å². The van der Waals surface area contributed by atoms with Gasteiger partial charge in [-0.25, -0.2) is 0 Å². The maximum atomic E-state index is 5.92. The highest BCUT2D eigenvalue weighted by molar-refractivity contribution is 7.16. The molecular weight excluding hydrogens is 254 g/mol. The Morgan fingerprint density at radius 1 is 1.53 bits per heavy atom. The van der Waals surface area contributed by atoms with Gasteiger partial charge in [0.25, 0.3) is 0 Å². The Labute approximate surface area is 110 Å². The van der Waals surface area contributed by atoms with Gasteiger partial charge in [-0.15, -0.1) is 11.3 Å². The van der Waals surface area contributed by atoms with Gasteiger partial charge in [0, 0.05) is 24.2 Å². The first kappa shape index (κ1) is 12.6. The number of rotatable bonds is 5. The van der Waals surface area contributed by atoms with E-state index < -0.39 is 0 Å². The summed E-state index contributed by atoms with van der Waals surface area (Å²) in [6.45, 7) is 3.10. The molecular formula is C12H16ClN3S. The third kappa shape index (κ3) is 3.56. The Hall–Kier alpha value is -0.840. The lowest BCUT2D eigenvalue weighted by atomic mass is 10.2. The summed E-state index contributed by atoms with van der Waals surface area (Å²) < 4.78 is 2.68. The van der Waals surface area contributed by atoms with Crippen molar-refractivity contribution < 1.29 is 0 Å². The fourth-order valence-corrected chi connectivity index (χ4v) is 2.78. The molecule has 92 valence electrons. The molecule has 1 N–H and O–H groups in total. The predicted octanol–water partition coefficient (Wildman–Crippen LogP) is 3.03. The molecule has 5 heteroatoms. The summed E-state index contributed by atoms with van der Waals surface area (Å²) in [6, 6.07) is 4.37. The number of aromatic nitrogens is 2. The lowest BCUT2D eigenvalue weighted by molar-refractivity contribution is 0.584. The van der Waals surface area contributed by atoms with Crippen molar-refractivity contribution in [1.29, 1.82) is 0 Å². The van der Waals surface area contributed by atoms with E-state index in [0.29, 0.717) is 6.04 Å². The molecule has 0 aliphatic heterocycles. The van der Waals surface area contributed by atoms with E-state index in [9.17, 15) is 0 Å². The number of hydrogen-bond donors (Lipinski definition) is 1. The van der Waals surface area contributed by atoms with Crippen LogP contribution in [0.25, 0.3) is 0 Å².